The molecule has 3 nitrogen and oxygen atoms in total. The van der Waals surface area contributed by atoms with Crippen molar-refractivity contribution in [2.45, 2.75) is 12.8 Å². The maximum absolute atomic E-state index is 13.4. The number of methoxy groups -OCH3 is 1. The Hall–Kier alpha value is -3.33. The normalized spacial score (nSPS) is 13.4. The van der Waals surface area contributed by atoms with Crippen LogP contribution in [0.15, 0.2) is 72.8 Å². The lowest BCUT2D eigenvalue weighted by Crippen LogP contribution is -2.06. The molecule has 0 saturated carbocycles. The zero-order valence-electron chi connectivity index (χ0n) is 15.1. The van der Waals surface area contributed by atoms with E-state index in [0.717, 1.165) is 40.5 Å². The first kappa shape index (κ1) is 17.1. The second-order valence-electron chi connectivity index (χ2n) is 6.59. The van der Waals surface area contributed by atoms with Crippen LogP contribution in [-0.4, -0.2) is 18.0 Å². The summed E-state index contributed by atoms with van der Waals surface area (Å²) in [6.07, 6.45) is 8.40. The summed E-state index contributed by atoms with van der Waals surface area (Å²) in [4.78, 5) is 13.4. The maximum Gasteiger partial charge on any atom is 0.194 e. The van der Waals surface area contributed by atoms with Crippen molar-refractivity contribution in [3.63, 3.8) is 0 Å². The van der Waals surface area contributed by atoms with Gasteiger partial charge in [0.15, 0.2) is 5.78 Å². The average Bonchev–Trinajstić information content (AvgIpc) is 2.73. The predicted molar refractivity (Wildman–Crippen MR) is 108 cm³/mol. The van der Waals surface area contributed by atoms with Crippen molar-refractivity contribution < 1.29 is 14.6 Å². The number of ether oxygens (including phenoxy) is 1. The number of hydrogen-bond donors (Lipinski definition) is 1. The summed E-state index contributed by atoms with van der Waals surface area (Å²) >= 11 is 0. The molecular weight excluding hydrogens is 336 g/mol. The second kappa shape index (κ2) is 7.12. The minimum absolute atomic E-state index is 0.0550. The van der Waals surface area contributed by atoms with E-state index in [9.17, 15) is 9.90 Å². The summed E-state index contributed by atoms with van der Waals surface area (Å²) < 4.78 is 5.33. The standard InChI is InChI=1S/C24H20O3/c1-27-20-12-14-22-18(15-20)9-13-21(16-5-3-2-4-6-16)23(22)24(26)17-7-10-19(25)11-8-17/h3,5-15,25H,2,4H2,1H3. The van der Waals surface area contributed by atoms with Crippen LogP contribution in [-0.2, 0) is 0 Å². The van der Waals surface area contributed by atoms with Crippen molar-refractivity contribution in [1.29, 1.82) is 0 Å². The SMILES string of the molecule is COc1ccc2c(C(=O)c3ccc(O)cc3)c(C3=CCCC=C3)ccc2c1. The number of carbonyl (C=O) groups excluding carboxylic acids is 1. The molecule has 27 heavy (non-hydrogen) atoms. The van der Waals surface area contributed by atoms with E-state index in [1.807, 2.05) is 30.3 Å². The van der Waals surface area contributed by atoms with Crippen molar-refractivity contribution in [3.8, 4) is 11.5 Å². The maximum atomic E-state index is 13.4. The molecule has 134 valence electrons. The Labute approximate surface area is 158 Å². The molecule has 0 spiro atoms. The van der Waals surface area contributed by atoms with Gasteiger partial charge in [-0.05, 0) is 77.2 Å². The molecule has 0 saturated heterocycles. The highest BCUT2D eigenvalue weighted by Gasteiger charge is 2.19. The smallest absolute Gasteiger partial charge is 0.194 e. The number of rotatable bonds is 4. The van der Waals surface area contributed by atoms with Gasteiger partial charge >= 0.3 is 0 Å². The number of ketones is 1. The van der Waals surface area contributed by atoms with Gasteiger partial charge in [-0.15, -0.1) is 0 Å². The zero-order valence-corrected chi connectivity index (χ0v) is 15.1. The zero-order chi connectivity index (χ0) is 18.8. The van der Waals surface area contributed by atoms with E-state index in [4.69, 9.17) is 4.74 Å². The molecule has 0 fully saturated rings. The third-order valence-corrected chi connectivity index (χ3v) is 4.89. The van der Waals surface area contributed by atoms with Crippen LogP contribution in [0.5, 0.6) is 11.5 Å². The summed E-state index contributed by atoms with van der Waals surface area (Å²) in [7, 11) is 1.63. The molecule has 3 aromatic carbocycles. The van der Waals surface area contributed by atoms with Crippen LogP contribution >= 0.6 is 0 Å². The van der Waals surface area contributed by atoms with Crippen LogP contribution < -0.4 is 4.74 Å². The van der Waals surface area contributed by atoms with E-state index in [-0.39, 0.29) is 11.5 Å². The Balaban J connectivity index is 1.95. The molecule has 0 aromatic heterocycles. The molecule has 0 heterocycles. The molecule has 0 unspecified atom stereocenters. The van der Waals surface area contributed by atoms with Gasteiger partial charge in [0.25, 0.3) is 0 Å². The number of fused-ring (bicyclic) bond motifs is 1. The summed E-state index contributed by atoms with van der Waals surface area (Å²) in [5, 5.41) is 11.4. The van der Waals surface area contributed by atoms with Crippen LogP contribution in [0.4, 0.5) is 0 Å². The molecule has 0 radical (unpaired) electrons. The minimum Gasteiger partial charge on any atom is -0.508 e. The molecule has 0 bridgehead atoms. The Kier molecular flexibility index (Phi) is 4.51. The van der Waals surface area contributed by atoms with E-state index < -0.39 is 0 Å². The highest BCUT2D eigenvalue weighted by atomic mass is 16.5. The summed E-state index contributed by atoms with van der Waals surface area (Å²) in [5.74, 6) is 0.850. The lowest BCUT2D eigenvalue weighted by Gasteiger charge is -2.16. The lowest BCUT2D eigenvalue weighted by molar-refractivity contribution is 0.104. The van der Waals surface area contributed by atoms with Gasteiger partial charge in [-0.2, -0.15) is 0 Å². The summed E-state index contributed by atoms with van der Waals surface area (Å²) in [5.41, 5.74) is 3.24. The molecule has 1 N–H and O–H groups in total. The Morgan fingerprint density at radius 2 is 1.81 bits per heavy atom. The monoisotopic (exact) mass is 356 g/mol. The van der Waals surface area contributed by atoms with Gasteiger partial charge in [0, 0.05) is 11.1 Å². The summed E-state index contributed by atoms with van der Waals surface area (Å²) in [6, 6.07) is 16.2. The topological polar surface area (TPSA) is 46.5 Å². The van der Waals surface area contributed by atoms with Gasteiger partial charge in [0.1, 0.15) is 11.5 Å². The number of hydrogen-bond acceptors (Lipinski definition) is 3. The van der Waals surface area contributed by atoms with Gasteiger partial charge in [-0.25, -0.2) is 0 Å². The molecule has 0 atom stereocenters. The van der Waals surface area contributed by atoms with Crippen LogP contribution in [0.2, 0.25) is 0 Å². The van der Waals surface area contributed by atoms with Crippen molar-refractivity contribution in [2.75, 3.05) is 7.11 Å². The molecule has 4 rings (SSSR count). The number of allylic oxidation sites excluding steroid dienone is 4. The number of aromatic hydroxyl groups is 1. The van der Waals surface area contributed by atoms with E-state index in [2.05, 4.69) is 18.2 Å². The van der Waals surface area contributed by atoms with E-state index >= 15 is 0 Å². The molecule has 3 aromatic rings. The van der Waals surface area contributed by atoms with E-state index in [1.54, 1.807) is 31.4 Å². The van der Waals surface area contributed by atoms with Crippen LogP contribution in [0.25, 0.3) is 16.3 Å². The van der Waals surface area contributed by atoms with Gasteiger partial charge in [-0.3, -0.25) is 4.79 Å². The highest BCUT2D eigenvalue weighted by Crippen LogP contribution is 2.33. The number of benzene rings is 3. The Morgan fingerprint density at radius 3 is 2.52 bits per heavy atom. The fourth-order valence-electron chi connectivity index (χ4n) is 3.49. The quantitative estimate of drug-likeness (QED) is 0.626. The number of phenolic OH excluding ortho intramolecular Hbond substituents is 1. The molecule has 3 heteroatoms. The first-order valence-electron chi connectivity index (χ1n) is 8.99. The van der Waals surface area contributed by atoms with Crippen molar-refractivity contribution in [1.82, 2.24) is 0 Å². The fourth-order valence-corrected chi connectivity index (χ4v) is 3.49. The van der Waals surface area contributed by atoms with E-state index in [0.29, 0.717) is 11.1 Å². The Morgan fingerprint density at radius 1 is 1.00 bits per heavy atom. The molecule has 0 aliphatic heterocycles. The van der Waals surface area contributed by atoms with Crippen LogP contribution in [0.3, 0.4) is 0 Å². The first-order chi connectivity index (χ1) is 13.2. The van der Waals surface area contributed by atoms with Crippen LogP contribution in [0.1, 0.15) is 34.3 Å². The van der Waals surface area contributed by atoms with Gasteiger partial charge in [-0.1, -0.05) is 30.4 Å². The van der Waals surface area contributed by atoms with Crippen molar-refractivity contribution in [3.05, 3.63) is 89.5 Å². The minimum atomic E-state index is -0.0550. The molecule has 1 aliphatic rings. The summed E-state index contributed by atoms with van der Waals surface area (Å²) in [6.45, 7) is 0. The average molecular weight is 356 g/mol. The first-order valence-corrected chi connectivity index (χ1v) is 8.99. The third-order valence-electron chi connectivity index (χ3n) is 4.89. The predicted octanol–water partition coefficient (Wildman–Crippen LogP) is 5.52. The second-order valence-corrected chi connectivity index (χ2v) is 6.59. The van der Waals surface area contributed by atoms with Crippen molar-refractivity contribution in [2.24, 2.45) is 0 Å². The van der Waals surface area contributed by atoms with Gasteiger partial charge in [0.05, 0.1) is 7.11 Å². The Bertz CT molecular complexity index is 1070. The molecule has 0 amide bonds. The number of carbonyl (C=O) groups is 1. The lowest BCUT2D eigenvalue weighted by atomic mass is 9.87. The number of phenols is 1. The fraction of sp³-hybridized carbons (Fsp3) is 0.125. The molecule has 1 aliphatic carbocycles. The highest BCUT2D eigenvalue weighted by molar-refractivity contribution is 6.19. The molecular formula is C24H20O3. The van der Waals surface area contributed by atoms with Gasteiger partial charge in [0.2, 0.25) is 0 Å². The van der Waals surface area contributed by atoms with Crippen LogP contribution in [0, 0.1) is 0 Å². The van der Waals surface area contributed by atoms with Crippen molar-refractivity contribution >= 4 is 22.1 Å². The largest absolute Gasteiger partial charge is 0.508 e. The third kappa shape index (κ3) is 3.24. The van der Waals surface area contributed by atoms with Gasteiger partial charge < -0.3 is 9.84 Å². The van der Waals surface area contributed by atoms with E-state index in [1.165, 1.54) is 0 Å².